The van der Waals surface area contributed by atoms with Crippen molar-refractivity contribution in [2.24, 2.45) is 0 Å². The zero-order valence-corrected chi connectivity index (χ0v) is 15.4. The molecule has 140 valence electrons. The molecule has 1 fully saturated rings. The van der Waals surface area contributed by atoms with E-state index >= 15 is 0 Å². The molecule has 2 N–H and O–H groups in total. The number of carbonyl (C=O) groups excluding carboxylic acids is 1. The number of hydrogen-bond acceptors (Lipinski definition) is 4. The highest BCUT2D eigenvalue weighted by atomic mass is 16.3. The molecule has 27 heavy (non-hydrogen) atoms. The van der Waals surface area contributed by atoms with Gasteiger partial charge in [0.25, 0.3) is 5.91 Å². The number of H-pyrrole nitrogens is 1. The standard InChI is InChI=1S/C21H24N4O2/c1-15-19(24-20(23-15)16-8-3-2-4-9-16)21(26)22-14-17(18-10-7-13-27-18)25-11-5-6-12-25/h2-4,7-10,13,17H,5-6,11-12,14H2,1H3,(H,22,26)(H,23,24)/t17-/m0/s1. The molecule has 0 aliphatic carbocycles. The van der Waals surface area contributed by atoms with Gasteiger partial charge in [0.15, 0.2) is 0 Å². The SMILES string of the molecule is Cc1[nH]c(-c2ccccc2)nc1C(=O)NC[C@@H](c1ccco1)N1CCCC1. The predicted molar refractivity (Wildman–Crippen MR) is 103 cm³/mol. The van der Waals surface area contributed by atoms with Crippen LogP contribution in [0.1, 0.15) is 40.8 Å². The summed E-state index contributed by atoms with van der Waals surface area (Å²) >= 11 is 0. The van der Waals surface area contributed by atoms with E-state index in [2.05, 4.69) is 20.2 Å². The van der Waals surface area contributed by atoms with Gasteiger partial charge in [0.2, 0.25) is 0 Å². The van der Waals surface area contributed by atoms with Gasteiger partial charge in [-0.3, -0.25) is 9.69 Å². The van der Waals surface area contributed by atoms with Crippen molar-refractivity contribution in [1.82, 2.24) is 20.2 Å². The lowest BCUT2D eigenvalue weighted by molar-refractivity contribution is 0.0928. The van der Waals surface area contributed by atoms with Gasteiger partial charge in [-0.05, 0) is 45.0 Å². The van der Waals surface area contributed by atoms with Crippen LogP contribution in [-0.2, 0) is 0 Å². The minimum atomic E-state index is -0.165. The average molecular weight is 364 g/mol. The first-order valence-corrected chi connectivity index (χ1v) is 9.40. The lowest BCUT2D eigenvalue weighted by atomic mass is 10.2. The van der Waals surface area contributed by atoms with Crippen molar-refractivity contribution in [1.29, 1.82) is 0 Å². The Kier molecular flexibility index (Phi) is 5.07. The highest BCUT2D eigenvalue weighted by molar-refractivity contribution is 5.94. The molecule has 0 bridgehead atoms. The van der Waals surface area contributed by atoms with Crippen molar-refractivity contribution in [3.8, 4) is 11.4 Å². The highest BCUT2D eigenvalue weighted by Crippen LogP contribution is 2.25. The molecule has 3 aromatic rings. The van der Waals surface area contributed by atoms with Crippen LogP contribution in [0, 0.1) is 6.92 Å². The number of rotatable bonds is 6. The summed E-state index contributed by atoms with van der Waals surface area (Å²) in [5.74, 6) is 1.43. The van der Waals surface area contributed by atoms with E-state index in [1.165, 1.54) is 12.8 Å². The fourth-order valence-corrected chi connectivity index (χ4v) is 3.63. The summed E-state index contributed by atoms with van der Waals surface area (Å²) in [6.07, 6.45) is 4.05. The van der Waals surface area contributed by atoms with Crippen LogP contribution < -0.4 is 5.32 Å². The van der Waals surface area contributed by atoms with E-state index in [-0.39, 0.29) is 11.9 Å². The van der Waals surface area contributed by atoms with Crippen molar-refractivity contribution in [2.45, 2.75) is 25.8 Å². The molecule has 6 heteroatoms. The number of nitrogens with one attached hydrogen (secondary N) is 2. The van der Waals surface area contributed by atoms with Gasteiger partial charge in [0, 0.05) is 17.8 Å². The van der Waals surface area contributed by atoms with E-state index in [0.29, 0.717) is 18.1 Å². The molecule has 0 unspecified atom stereocenters. The molecule has 1 atom stereocenters. The quantitative estimate of drug-likeness (QED) is 0.701. The smallest absolute Gasteiger partial charge is 0.271 e. The van der Waals surface area contributed by atoms with Gasteiger partial charge in [-0.25, -0.2) is 4.98 Å². The third-order valence-electron chi connectivity index (χ3n) is 5.06. The number of carbonyl (C=O) groups is 1. The first kappa shape index (κ1) is 17.5. The number of furan rings is 1. The lowest BCUT2D eigenvalue weighted by Gasteiger charge is -2.25. The van der Waals surface area contributed by atoms with Gasteiger partial charge in [0.05, 0.1) is 12.3 Å². The topological polar surface area (TPSA) is 74.2 Å². The zero-order valence-electron chi connectivity index (χ0n) is 15.4. The maximum Gasteiger partial charge on any atom is 0.271 e. The Hall–Kier alpha value is -2.86. The first-order valence-electron chi connectivity index (χ1n) is 9.40. The molecule has 3 heterocycles. The number of aromatic nitrogens is 2. The van der Waals surface area contributed by atoms with E-state index in [4.69, 9.17) is 4.42 Å². The normalized spacial score (nSPS) is 15.7. The van der Waals surface area contributed by atoms with Gasteiger partial charge >= 0.3 is 0 Å². The van der Waals surface area contributed by atoms with Crippen molar-refractivity contribution >= 4 is 5.91 Å². The second kappa shape index (κ2) is 7.80. The predicted octanol–water partition coefficient (Wildman–Crippen LogP) is 3.55. The minimum Gasteiger partial charge on any atom is -0.468 e. The van der Waals surface area contributed by atoms with E-state index in [9.17, 15) is 4.79 Å². The zero-order chi connectivity index (χ0) is 18.6. The summed E-state index contributed by atoms with van der Waals surface area (Å²) in [5.41, 5.74) is 2.17. The summed E-state index contributed by atoms with van der Waals surface area (Å²) in [6.45, 7) is 4.43. The van der Waals surface area contributed by atoms with Crippen LogP contribution in [0.15, 0.2) is 53.1 Å². The molecule has 1 aromatic carbocycles. The van der Waals surface area contributed by atoms with Gasteiger partial charge in [0.1, 0.15) is 17.3 Å². The maximum atomic E-state index is 12.8. The molecular formula is C21H24N4O2. The molecule has 6 nitrogen and oxygen atoms in total. The van der Waals surface area contributed by atoms with E-state index in [1.54, 1.807) is 6.26 Å². The molecule has 1 saturated heterocycles. The van der Waals surface area contributed by atoms with Gasteiger partial charge in [-0.1, -0.05) is 30.3 Å². The van der Waals surface area contributed by atoms with Crippen LogP contribution in [-0.4, -0.2) is 40.4 Å². The number of likely N-dealkylation sites (tertiary alicyclic amines) is 1. The molecule has 0 spiro atoms. The summed E-state index contributed by atoms with van der Waals surface area (Å²) in [7, 11) is 0. The van der Waals surface area contributed by atoms with Gasteiger partial charge < -0.3 is 14.7 Å². The summed E-state index contributed by atoms with van der Waals surface area (Å²) in [5, 5.41) is 3.05. The number of benzene rings is 1. The second-order valence-electron chi connectivity index (χ2n) is 6.91. The van der Waals surface area contributed by atoms with Crippen LogP contribution in [0.4, 0.5) is 0 Å². The number of aromatic amines is 1. The van der Waals surface area contributed by atoms with Gasteiger partial charge in [-0.2, -0.15) is 0 Å². The summed E-state index contributed by atoms with van der Waals surface area (Å²) in [6, 6.07) is 13.7. The van der Waals surface area contributed by atoms with E-state index < -0.39 is 0 Å². The third-order valence-corrected chi connectivity index (χ3v) is 5.06. The van der Waals surface area contributed by atoms with Crippen LogP contribution in [0.25, 0.3) is 11.4 Å². The number of nitrogens with zero attached hydrogens (tertiary/aromatic N) is 2. The Bertz CT molecular complexity index is 880. The van der Waals surface area contributed by atoms with E-state index in [0.717, 1.165) is 30.1 Å². The molecule has 0 radical (unpaired) electrons. The second-order valence-corrected chi connectivity index (χ2v) is 6.91. The molecule has 1 aliphatic heterocycles. The molecule has 0 saturated carbocycles. The number of amides is 1. The Morgan fingerprint density at radius 1 is 1.22 bits per heavy atom. The number of imidazole rings is 1. The van der Waals surface area contributed by atoms with Crippen LogP contribution in [0.2, 0.25) is 0 Å². The molecule has 1 aliphatic rings. The molecule has 4 rings (SSSR count). The number of aryl methyl sites for hydroxylation is 1. The Balaban J connectivity index is 1.48. The highest BCUT2D eigenvalue weighted by Gasteiger charge is 2.26. The molecular weight excluding hydrogens is 340 g/mol. The Labute approximate surface area is 158 Å². The fourth-order valence-electron chi connectivity index (χ4n) is 3.63. The fraction of sp³-hybridized carbons (Fsp3) is 0.333. The largest absolute Gasteiger partial charge is 0.468 e. The summed E-state index contributed by atoms with van der Waals surface area (Å²) < 4.78 is 5.62. The van der Waals surface area contributed by atoms with Crippen molar-refractivity contribution in [3.63, 3.8) is 0 Å². The maximum absolute atomic E-state index is 12.8. The monoisotopic (exact) mass is 364 g/mol. The molecule has 1 amide bonds. The Morgan fingerprint density at radius 2 is 2.00 bits per heavy atom. The van der Waals surface area contributed by atoms with Crippen LogP contribution >= 0.6 is 0 Å². The van der Waals surface area contributed by atoms with Crippen molar-refractivity contribution < 1.29 is 9.21 Å². The van der Waals surface area contributed by atoms with Crippen LogP contribution in [0.5, 0.6) is 0 Å². The summed E-state index contributed by atoms with van der Waals surface area (Å²) in [4.78, 5) is 22.8. The van der Waals surface area contributed by atoms with Crippen molar-refractivity contribution in [3.05, 3.63) is 65.9 Å². The lowest BCUT2D eigenvalue weighted by Crippen LogP contribution is -2.37. The first-order chi connectivity index (χ1) is 13.2. The van der Waals surface area contributed by atoms with Crippen LogP contribution in [0.3, 0.4) is 0 Å². The van der Waals surface area contributed by atoms with Gasteiger partial charge in [-0.15, -0.1) is 0 Å². The average Bonchev–Trinajstić information content (AvgIpc) is 3.45. The number of hydrogen-bond donors (Lipinski definition) is 2. The third kappa shape index (κ3) is 3.80. The Morgan fingerprint density at radius 3 is 2.70 bits per heavy atom. The minimum absolute atomic E-state index is 0.0549. The van der Waals surface area contributed by atoms with E-state index in [1.807, 2.05) is 49.4 Å². The molecule has 2 aromatic heterocycles. The van der Waals surface area contributed by atoms with Crippen molar-refractivity contribution in [2.75, 3.05) is 19.6 Å².